The third kappa shape index (κ3) is 2.89. The highest BCUT2D eigenvalue weighted by Crippen LogP contribution is 2.35. The maximum atomic E-state index is 11.8. The van der Waals surface area contributed by atoms with Gasteiger partial charge in [-0.1, -0.05) is 0 Å². The summed E-state index contributed by atoms with van der Waals surface area (Å²) in [7, 11) is -0.383. The van der Waals surface area contributed by atoms with Crippen molar-refractivity contribution >= 4 is 21.4 Å². The zero-order chi connectivity index (χ0) is 14.8. The fourth-order valence-corrected chi connectivity index (χ4v) is 3.01. The molecule has 0 heterocycles. The molecule has 20 heavy (non-hydrogen) atoms. The number of nitrogens with two attached hydrogens (primary N) is 1. The second kappa shape index (κ2) is 5.59. The molecule has 0 saturated heterocycles. The van der Waals surface area contributed by atoms with Gasteiger partial charge in [-0.25, -0.2) is 13.1 Å². The summed E-state index contributed by atoms with van der Waals surface area (Å²) in [5, 5.41) is 3.20. The van der Waals surface area contributed by atoms with Crippen molar-refractivity contribution in [2.24, 2.45) is 0 Å². The molecule has 4 N–H and O–H groups in total. The van der Waals surface area contributed by atoms with Gasteiger partial charge >= 0.3 is 0 Å². The van der Waals surface area contributed by atoms with E-state index in [0.29, 0.717) is 17.9 Å². The van der Waals surface area contributed by atoms with Gasteiger partial charge in [0, 0.05) is 13.7 Å². The van der Waals surface area contributed by atoms with Crippen LogP contribution < -0.4 is 15.8 Å². The zero-order valence-corrected chi connectivity index (χ0v) is 12.6. The SMILES string of the molecule is CNS(=O)(=O)c1ccc(N)c(NCC2(OC)CCC2)c1. The third-order valence-electron chi connectivity index (χ3n) is 3.90. The molecular weight excluding hydrogens is 278 g/mol. The molecule has 7 heteroatoms. The second-order valence-electron chi connectivity index (χ2n) is 5.05. The van der Waals surface area contributed by atoms with Gasteiger partial charge in [0.25, 0.3) is 0 Å². The lowest BCUT2D eigenvalue weighted by atomic mass is 9.80. The van der Waals surface area contributed by atoms with E-state index in [1.165, 1.54) is 13.1 Å². The lowest BCUT2D eigenvalue weighted by molar-refractivity contribution is -0.0601. The van der Waals surface area contributed by atoms with Crippen LogP contribution >= 0.6 is 0 Å². The fourth-order valence-electron chi connectivity index (χ4n) is 2.25. The van der Waals surface area contributed by atoms with Crippen LogP contribution in [0.4, 0.5) is 11.4 Å². The lowest BCUT2D eigenvalue weighted by Gasteiger charge is -2.40. The summed E-state index contributed by atoms with van der Waals surface area (Å²) in [5.41, 5.74) is 6.87. The Kier molecular flexibility index (Phi) is 4.22. The van der Waals surface area contributed by atoms with E-state index in [9.17, 15) is 8.42 Å². The standard InChI is InChI=1S/C13H21N3O3S/c1-15-20(17,18)10-4-5-11(14)12(8-10)16-9-13(19-2)6-3-7-13/h4-5,8,15-16H,3,6-7,9,14H2,1-2H3. The average molecular weight is 299 g/mol. The highest BCUT2D eigenvalue weighted by Gasteiger charge is 2.36. The lowest BCUT2D eigenvalue weighted by Crippen LogP contribution is -2.45. The van der Waals surface area contributed by atoms with Gasteiger partial charge in [0.15, 0.2) is 0 Å². The highest BCUT2D eigenvalue weighted by atomic mass is 32.2. The van der Waals surface area contributed by atoms with Gasteiger partial charge in [-0.15, -0.1) is 0 Å². The molecule has 6 nitrogen and oxygen atoms in total. The van der Waals surface area contributed by atoms with Crippen molar-refractivity contribution in [2.75, 3.05) is 31.8 Å². The van der Waals surface area contributed by atoms with Gasteiger partial charge in [-0.3, -0.25) is 0 Å². The maximum Gasteiger partial charge on any atom is 0.240 e. The van der Waals surface area contributed by atoms with Crippen molar-refractivity contribution in [2.45, 2.75) is 29.8 Å². The van der Waals surface area contributed by atoms with Crippen molar-refractivity contribution in [3.05, 3.63) is 18.2 Å². The first-order valence-electron chi connectivity index (χ1n) is 6.54. The first kappa shape index (κ1) is 15.1. The van der Waals surface area contributed by atoms with Crippen LogP contribution in [0.1, 0.15) is 19.3 Å². The highest BCUT2D eigenvalue weighted by molar-refractivity contribution is 7.89. The van der Waals surface area contributed by atoms with Crippen molar-refractivity contribution < 1.29 is 13.2 Å². The van der Waals surface area contributed by atoms with Crippen LogP contribution in [0, 0.1) is 0 Å². The maximum absolute atomic E-state index is 11.8. The Labute approximate surface area is 119 Å². The minimum atomic E-state index is -3.47. The fraction of sp³-hybridized carbons (Fsp3) is 0.538. The van der Waals surface area contributed by atoms with Gasteiger partial charge in [-0.05, 0) is 44.5 Å². The molecule has 1 saturated carbocycles. The summed E-state index contributed by atoms with van der Waals surface area (Å²) in [6.07, 6.45) is 3.16. The molecule has 0 atom stereocenters. The molecule has 1 aromatic carbocycles. The molecule has 112 valence electrons. The van der Waals surface area contributed by atoms with E-state index in [0.717, 1.165) is 19.3 Å². The molecule has 0 radical (unpaired) electrons. The first-order chi connectivity index (χ1) is 9.42. The molecule has 0 bridgehead atoms. The molecule has 0 aromatic heterocycles. The van der Waals surface area contributed by atoms with Crippen LogP contribution in [-0.2, 0) is 14.8 Å². The average Bonchev–Trinajstić information content (AvgIpc) is 2.39. The summed E-state index contributed by atoms with van der Waals surface area (Å²) in [6.45, 7) is 0.622. The van der Waals surface area contributed by atoms with Gasteiger partial charge in [0.2, 0.25) is 10.0 Å². The number of methoxy groups -OCH3 is 1. The largest absolute Gasteiger partial charge is 0.397 e. The van der Waals surface area contributed by atoms with Crippen LogP contribution in [0.15, 0.2) is 23.1 Å². The Balaban J connectivity index is 2.17. The number of nitrogens with one attached hydrogen (secondary N) is 2. The van der Waals surface area contributed by atoms with Gasteiger partial charge in [-0.2, -0.15) is 0 Å². The number of nitrogen functional groups attached to an aromatic ring is 1. The van der Waals surface area contributed by atoms with Gasteiger partial charge < -0.3 is 15.8 Å². The normalized spacial score (nSPS) is 17.5. The Morgan fingerprint density at radius 1 is 1.40 bits per heavy atom. The molecule has 1 aromatic rings. The van der Waals surface area contributed by atoms with Crippen molar-refractivity contribution in [3.63, 3.8) is 0 Å². The number of anilines is 2. The van der Waals surface area contributed by atoms with Crippen molar-refractivity contribution in [3.8, 4) is 0 Å². The summed E-state index contributed by atoms with van der Waals surface area (Å²) in [4.78, 5) is 0.191. The van der Waals surface area contributed by atoms with E-state index in [1.807, 2.05) is 0 Å². The van der Waals surface area contributed by atoms with Crippen LogP contribution in [0.2, 0.25) is 0 Å². The smallest absolute Gasteiger partial charge is 0.240 e. The van der Waals surface area contributed by atoms with Crippen molar-refractivity contribution in [1.29, 1.82) is 0 Å². The number of hydrogen-bond donors (Lipinski definition) is 3. The molecule has 1 aliphatic carbocycles. The van der Waals surface area contributed by atoms with E-state index in [1.54, 1.807) is 19.2 Å². The molecule has 0 spiro atoms. The van der Waals surface area contributed by atoms with E-state index in [4.69, 9.17) is 10.5 Å². The molecule has 0 unspecified atom stereocenters. The molecule has 0 aliphatic heterocycles. The number of benzene rings is 1. The topological polar surface area (TPSA) is 93.5 Å². The monoisotopic (exact) mass is 299 g/mol. The van der Waals surface area contributed by atoms with E-state index >= 15 is 0 Å². The van der Waals surface area contributed by atoms with Crippen LogP contribution in [0.5, 0.6) is 0 Å². The molecule has 2 rings (SSSR count). The minimum Gasteiger partial charge on any atom is -0.397 e. The van der Waals surface area contributed by atoms with Crippen LogP contribution in [0.25, 0.3) is 0 Å². The Bertz CT molecular complexity index is 577. The summed E-state index contributed by atoms with van der Waals surface area (Å²) in [6, 6.07) is 4.62. The number of rotatable bonds is 6. The molecule has 0 amide bonds. The van der Waals surface area contributed by atoms with E-state index < -0.39 is 10.0 Å². The second-order valence-corrected chi connectivity index (χ2v) is 6.94. The van der Waals surface area contributed by atoms with Crippen LogP contribution in [-0.4, -0.2) is 34.7 Å². The van der Waals surface area contributed by atoms with Gasteiger partial charge in [0.1, 0.15) is 0 Å². The van der Waals surface area contributed by atoms with E-state index in [-0.39, 0.29) is 10.5 Å². The minimum absolute atomic E-state index is 0.148. The molecule has 1 aliphatic rings. The summed E-state index contributed by atoms with van der Waals surface area (Å²) in [5.74, 6) is 0. The van der Waals surface area contributed by atoms with E-state index in [2.05, 4.69) is 10.0 Å². The molecular formula is C13H21N3O3S. The predicted octanol–water partition coefficient (Wildman–Crippen LogP) is 1.16. The Morgan fingerprint density at radius 3 is 2.60 bits per heavy atom. The van der Waals surface area contributed by atoms with Gasteiger partial charge in [0.05, 0.1) is 21.9 Å². The van der Waals surface area contributed by atoms with Crippen molar-refractivity contribution in [1.82, 2.24) is 4.72 Å². The third-order valence-corrected chi connectivity index (χ3v) is 5.31. The summed E-state index contributed by atoms with van der Waals surface area (Å²) >= 11 is 0. The van der Waals surface area contributed by atoms with Crippen LogP contribution in [0.3, 0.4) is 0 Å². The Hall–Kier alpha value is -1.31. The predicted molar refractivity (Wildman–Crippen MR) is 79.2 cm³/mol. The summed E-state index contributed by atoms with van der Waals surface area (Å²) < 4.78 is 31.4. The zero-order valence-electron chi connectivity index (χ0n) is 11.8. The number of ether oxygens (including phenoxy) is 1. The number of hydrogen-bond acceptors (Lipinski definition) is 5. The number of sulfonamides is 1. The molecule has 1 fully saturated rings. The first-order valence-corrected chi connectivity index (χ1v) is 8.03. The Morgan fingerprint density at radius 2 is 2.10 bits per heavy atom. The quantitative estimate of drug-likeness (QED) is 0.685.